The lowest BCUT2D eigenvalue weighted by Crippen LogP contribution is -2.45. The average Bonchev–Trinajstić information content (AvgIpc) is 2.85. The monoisotopic (exact) mass is 719 g/mol. The maximum Gasteiger partial charge on any atom is 0.339 e. The van der Waals surface area contributed by atoms with Gasteiger partial charge in [-0.1, -0.05) is 61.8 Å². The van der Waals surface area contributed by atoms with Gasteiger partial charge in [0.15, 0.2) is 17.3 Å². The molecule has 1 aliphatic heterocycles. The minimum absolute atomic E-state index is 0.0345. The molecule has 2 aromatic carbocycles. The molecule has 0 atom stereocenters. The Balaban J connectivity index is 1.81. The fraction of sp³-hybridized carbons (Fsp3) is 0.387. The molecule has 3 aliphatic rings. The lowest BCUT2D eigenvalue weighted by molar-refractivity contribution is -0.138. The van der Waals surface area contributed by atoms with Gasteiger partial charge in [0.1, 0.15) is 11.4 Å². The molecule has 0 saturated carbocycles. The highest BCUT2D eigenvalue weighted by Gasteiger charge is 2.50. The first-order valence-corrected chi connectivity index (χ1v) is 16.5. The molecule has 0 unspecified atom stereocenters. The van der Waals surface area contributed by atoms with E-state index in [-0.39, 0.29) is 35.1 Å². The number of ketones is 2. The van der Waals surface area contributed by atoms with E-state index in [1.807, 2.05) is 27.7 Å². The number of aliphatic carboxylic acids is 1. The largest absolute Gasteiger partial charge is 0.480 e. The van der Waals surface area contributed by atoms with Crippen molar-refractivity contribution in [1.82, 2.24) is 4.90 Å². The number of Topliss-reactive ketones (excluding diaryl/α,β-unsaturated/α-hetero) is 2. The van der Waals surface area contributed by atoms with Gasteiger partial charge in [0.25, 0.3) is 0 Å². The van der Waals surface area contributed by atoms with Gasteiger partial charge in [-0.3, -0.25) is 14.4 Å². The summed E-state index contributed by atoms with van der Waals surface area (Å²) in [7, 11) is -4.29. The Labute approximate surface area is 262 Å². The maximum atomic E-state index is 14.0. The van der Waals surface area contributed by atoms with Crippen molar-refractivity contribution in [2.45, 2.75) is 64.2 Å². The Morgan fingerprint density at radius 3 is 1.95 bits per heavy atom. The number of benzene rings is 2. The number of nitrogens with zero attached hydrogens (tertiary/aromatic N) is 1. The molecule has 8 nitrogen and oxygen atoms in total. The lowest BCUT2D eigenvalue weighted by Gasteiger charge is -2.48. The second-order valence-electron chi connectivity index (χ2n) is 12.7. The van der Waals surface area contributed by atoms with Crippen LogP contribution in [0.15, 0.2) is 78.8 Å². The van der Waals surface area contributed by atoms with E-state index in [1.165, 1.54) is 12.1 Å². The van der Waals surface area contributed by atoms with E-state index in [2.05, 4.69) is 31.9 Å². The smallest absolute Gasteiger partial charge is 0.339 e. The van der Waals surface area contributed by atoms with E-state index < -0.39 is 39.4 Å². The number of carboxylic acid groups (broad SMARTS) is 1. The number of hydrogen-bond donors (Lipinski definition) is 1. The molecular weight excluding hydrogens is 690 g/mol. The molecule has 2 aliphatic carbocycles. The van der Waals surface area contributed by atoms with E-state index in [1.54, 1.807) is 35.2 Å². The van der Waals surface area contributed by atoms with Crippen LogP contribution in [0.1, 0.15) is 64.9 Å². The van der Waals surface area contributed by atoms with E-state index in [4.69, 9.17) is 4.18 Å². The molecule has 42 heavy (non-hydrogen) atoms. The zero-order valence-electron chi connectivity index (χ0n) is 23.7. The maximum absolute atomic E-state index is 14.0. The average molecular weight is 721 g/mol. The zero-order valence-corrected chi connectivity index (χ0v) is 27.7. The van der Waals surface area contributed by atoms with Crippen LogP contribution in [-0.2, 0) is 24.5 Å². The SMILES string of the molecule is CC1(C)CC(=O)C2=C(C1)N(CC(=O)O)C1=C(C(=O)CC(C)(C)C1)C2c1cc(Br)cc(Br)c1OS(=O)(=O)c1ccccc1. The number of carbonyl (C=O) groups excluding carboxylic acids is 2. The van der Waals surface area contributed by atoms with Gasteiger partial charge in [-0.15, -0.1) is 0 Å². The summed E-state index contributed by atoms with van der Waals surface area (Å²) in [6.45, 7) is 7.43. The van der Waals surface area contributed by atoms with Gasteiger partial charge in [0.2, 0.25) is 0 Å². The summed E-state index contributed by atoms with van der Waals surface area (Å²) in [6, 6.07) is 11.0. The summed E-state index contributed by atoms with van der Waals surface area (Å²) in [5.41, 5.74) is 1.17. The van der Waals surface area contributed by atoms with Gasteiger partial charge >= 0.3 is 16.1 Å². The first-order chi connectivity index (χ1) is 19.5. The summed E-state index contributed by atoms with van der Waals surface area (Å²) in [6.07, 6.45) is 1.21. The minimum Gasteiger partial charge on any atom is -0.480 e. The third kappa shape index (κ3) is 5.75. The Kier molecular flexibility index (Phi) is 7.85. The molecule has 1 N–H and O–H groups in total. The first-order valence-electron chi connectivity index (χ1n) is 13.5. The van der Waals surface area contributed by atoms with E-state index >= 15 is 0 Å². The van der Waals surface area contributed by atoms with Gasteiger partial charge in [-0.05, 0) is 63.9 Å². The molecule has 0 spiro atoms. The highest BCUT2D eigenvalue weighted by Crippen LogP contribution is 2.56. The molecule has 11 heteroatoms. The Morgan fingerprint density at radius 1 is 0.929 bits per heavy atom. The summed E-state index contributed by atoms with van der Waals surface area (Å²) < 4.78 is 33.5. The fourth-order valence-electron chi connectivity index (χ4n) is 6.31. The van der Waals surface area contributed by atoms with Crippen molar-refractivity contribution < 1.29 is 32.1 Å². The first kappa shape index (κ1) is 30.7. The standard InChI is InChI=1S/C31H31Br2NO7S/c1-30(2)12-21-27(23(35)14-30)26(28-22(34(21)16-25(37)38)13-31(3,4)15-24(28)36)19-10-17(32)11-20(33)29(19)41-42(39,40)18-8-6-5-7-9-18/h5-11,26H,12-16H2,1-4H3,(H,37,38). The molecule has 0 bridgehead atoms. The van der Waals surface area contributed by atoms with E-state index in [0.717, 1.165) is 0 Å². The van der Waals surface area contributed by atoms with Crippen molar-refractivity contribution in [1.29, 1.82) is 0 Å². The van der Waals surface area contributed by atoms with Gasteiger partial charge in [-0.2, -0.15) is 8.42 Å². The van der Waals surface area contributed by atoms with Crippen LogP contribution in [0.4, 0.5) is 0 Å². The van der Waals surface area contributed by atoms with Crippen molar-refractivity contribution >= 4 is 59.5 Å². The zero-order chi connectivity index (χ0) is 30.8. The minimum atomic E-state index is -4.29. The number of hydrogen-bond acceptors (Lipinski definition) is 7. The number of rotatable bonds is 6. The summed E-state index contributed by atoms with van der Waals surface area (Å²) in [5.74, 6) is -2.48. The molecular formula is C31H31Br2NO7S. The number of carboxylic acids is 1. The number of halogens is 2. The molecule has 222 valence electrons. The third-order valence-electron chi connectivity index (χ3n) is 7.89. The quantitative estimate of drug-likeness (QED) is 0.326. The van der Waals surface area contributed by atoms with Gasteiger partial charge in [-0.25, -0.2) is 0 Å². The molecule has 0 saturated heterocycles. The predicted molar refractivity (Wildman–Crippen MR) is 163 cm³/mol. The molecule has 5 rings (SSSR count). The van der Waals surface area contributed by atoms with E-state index in [0.29, 0.717) is 49.9 Å². The van der Waals surface area contributed by atoms with Crippen molar-refractivity contribution in [3.8, 4) is 5.75 Å². The fourth-order valence-corrected chi connectivity index (χ4v) is 8.75. The van der Waals surface area contributed by atoms with Crippen molar-refractivity contribution in [3.05, 3.63) is 79.5 Å². The molecule has 0 radical (unpaired) electrons. The predicted octanol–water partition coefficient (Wildman–Crippen LogP) is 6.75. The van der Waals surface area contributed by atoms with Crippen LogP contribution < -0.4 is 4.18 Å². The van der Waals surface area contributed by atoms with Crippen LogP contribution in [-0.4, -0.2) is 42.5 Å². The Hall–Kier alpha value is -2.76. The summed E-state index contributed by atoms with van der Waals surface area (Å²) in [5, 5.41) is 9.92. The highest BCUT2D eigenvalue weighted by molar-refractivity contribution is 9.11. The normalized spacial score (nSPS) is 20.4. The van der Waals surface area contributed by atoms with Crippen LogP contribution in [0.25, 0.3) is 0 Å². The van der Waals surface area contributed by atoms with Crippen LogP contribution in [0.5, 0.6) is 5.75 Å². The molecule has 2 aromatic rings. The molecule has 0 aromatic heterocycles. The van der Waals surface area contributed by atoms with Crippen molar-refractivity contribution in [2.75, 3.05) is 6.54 Å². The van der Waals surface area contributed by atoms with E-state index in [9.17, 15) is 27.9 Å². The second kappa shape index (κ2) is 10.7. The van der Waals surface area contributed by atoms with Crippen LogP contribution in [0.3, 0.4) is 0 Å². The molecule has 0 fully saturated rings. The van der Waals surface area contributed by atoms with Crippen LogP contribution >= 0.6 is 31.9 Å². The van der Waals surface area contributed by atoms with Gasteiger partial charge < -0.3 is 14.2 Å². The van der Waals surface area contributed by atoms with Crippen LogP contribution in [0, 0.1) is 10.8 Å². The third-order valence-corrected chi connectivity index (χ3v) is 10.2. The Morgan fingerprint density at radius 2 is 1.45 bits per heavy atom. The summed E-state index contributed by atoms with van der Waals surface area (Å²) in [4.78, 5) is 41.7. The van der Waals surface area contributed by atoms with Crippen LogP contribution in [0.2, 0.25) is 0 Å². The molecule has 1 heterocycles. The number of carbonyl (C=O) groups is 3. The Bertz CT molecular complexity index is 1640. The highest BCUT2D eigenvalue weighted by atomic mass is 79.9. The van der Waals surface area contributed by atoms with Crippen molar-refractivity contribution in [3.63, 3.8) is 0 Å². The van der Waals surface area contributed by atoms with Gasteiger partial charge in [0, 0.05) is 51.3 Å². The number of allylic oxidation sites excluding steroid dienone is 4. The van der Waals surface area contributed by atoms with Gasteiger partial charge in [0.05, 0.1) is 4.47 Å². The molecule has 0 amide bonds. The lowest BCUT2D eigenvalue weighted by atomic mass is 9.63. The summed E-state index contributed by atoms with van der Waals surface area (Å²) >= 11 is 6.97. The second-order valence-corrected chi connectivity index (χ2v) is 16.0. The van der Waals surface area contributed by atoms with Crippen molar-refractivity contribution in [2.24, 2.45) is 10.8 Å². The topological polar surface area (TPSA) is 118 Å².